The number of amides is 2. The van der Waals surface area contributed by atoms with Crippen molar-refractivity contribution in [2.75, 3.05) is 17.8 Å². The maximum absolute atomic E-state index is 13.0. The highest BCUT2D eigenvalue weighted by molar-refractivity contribution is 7.92. The van der Waals surface area contributed by atoms with Gasteiger partial charge in [0, 0.05) is 24.3 Å². The van der Waals surface area contributed by atoms with E-state index in [9.17, 15) is 18.0 Å². The van der Waals surface area contributed by atoms with E-state index in [1.165, 1.54) is 0 Å². The van der Waals surface area contributed by atoms with Crippen LogP contribution in [-0.2, 0) is 14.8 Å². The minimum atomic E-state index is -3.72. The van der Waals surface area contributed by atoms with E-state index in [0.29, 0.717) is 36.3 Å². The topological polar surface area (TPSA) is 95.6 Å². The number of anilines is 1. The molecule has 1 aliphatic heterocycles. The largest absolute Gasteiger partial charge is 0.354 e. The Kier molecular flexibility index (Phi) is 7.33. The Balaban J connectivity index is 1.69. The van der Waals surface area contributed by atoms with Gasteiger partial charge in [-0.3, -0.25) is 14.3 Å². The van der Waals surface area contributed by atoms with Crippen LogP contribution in [0.5, 0.6) is 0 Å². The SMILES string of the molecule is CCCCNC(=O)[C@H]1CCCN1C(=O)c1ccc(NS(=O)(=O)c2ccccc2C)cc1. The molecule has 1 aliphatic rings. The summed E-state index contributed by atoms with van der Waals surface area (Å²) in [6, 6.07) is 12.6. The zero-order valence-electron chi connectivity index (χ0n) is 17.9. The lowest BCUT2D eigenvalue weighted by Gasteiger charge is -2.24. The fourth-order valence-electron chi connectivity index (χ4n) is 3.70. The lowest BCUT2D eigenvalue weighted by molar-refractivity contribution is -0.124. The van der Waals surface area contributed by atoms with Gasteiger partial charge in [-0.1, -0.05) is 31.5 Å². The summed E-state index contributed by atoms with van der Waals surface area (Å²) in [4.78, 5) is 27.2. The van der Waals surface area contributed by atoms with E-state index in [2.05, 4.69) is 17.0 Å². The zero-order valence-corrected chi connectivity index (χ0v) is 18.7. The molecule has 0 aromatic heterocycles. The number of carbonyl (C=O) groups excluding carboxylic acids is 2. The van der Waals surface area contributed by atoms with Gasteiger partial charge in [0.05, 0.1) is 4.90 Å². The summed E-state index contributed by atoms with van der Waals surface area (Å²) in [7, 11) is -3.72. The molecule has 1 saturated heterocycles. The van der Waals surface area contributed by atoms with Gasteiger partial charge in [-0.25, -0.2) is 8.42 Å². The molecule has 3 rings (SSSR count). The lowest BCUT2D eigenvalue weighted by atomic mass is 10.1. The third-order valence-corrected chi connectivity index (χ3v) is 6.95. The molecular formula is C23H29N3O4S. The quantitative estimate of drug-likeness (QED) is 0.612. The van der Waals surface area contributed by atoms with Crippen LogP contribution in [0.4, 0.5) is 5.69 Å². The third-order valence-electron chi connectivity index (χ3n) is 5.41. The van der Waals surface area contributed by atoms with Crippen LogP contribution in [0, 0.1) is 6.92 Å². The van der Waals surface area contributed by atoms with E-state index in [-0.39, 0.29) is 16.7 Å². The van der Waals surface area contributed by atoms with E-state index >= 15 is 0 Å². The summed E-state index contributed by atoms with van der Waals surface area (Å²) >= 11 is 0. The van der Waals surface area contributed by atoms with E-state index in [0.717, 1.165) is 19.3 Å². The number of benzene rings is 2. The fourth-order valence-corrected chi connectivity index (χ4v) is 5.01. The molecule has 0 saturated carbocycles. The molecule has 0 bridgehead atoms. The number of rotatable bonds is 8. The molecule has 0 unspecified atom stereocenters. The average molecular weight is 444 g/mol. The molecular weight excluding hydrogens is 414 g/mol. The van der Waals surface area contributed by atoms with E-state index in [4.69, 9.17) is 0 Å². The third kappa shape index (κ3) is 5.44. The van der Waals surface area contributed by atoms with Crippen molar-refractivity contribution in [1.29, 1.82) is 0 Å². The number of unbranched alkanes of at least 4 members (excludes halogenated alkanes) is 1. The predicted molar refractivity (Wildman–Crippen MR) is 120 cm³/mol. The Hall–Kier alpha value is -2.87. The normalized spacial score (nSPS) is 16.2. The zero-order chi connectivity index (χ0) is 22.4. The van der Waals surface area contributed by atoms with Gasteiger partial charge in [-0.2, -0.15) is 0 Å². The molecule has 0 spiro atoms. The van der Waals surface area contributed by atoms with E-state index in [1.54, 1.807) is 60.4 Å². The summed E-state index contributed by atoms with van der Waals surface area (Å²) in [6.45, 7) is 4.94. The van der Waals surface area contributed by atoms with Crippen molar-refractivity contribution in [1.82, 2.24) is 10.2 Å². The standard InChI is InChI=1S/C23H29N3O4S/c1-3-4-15-24-22(27)20-9-7-16-26(20)23(28)18-11-13-19(14-12-18)25-31(29,30)21-10-6-5-8-17(21)2/h5-6,8,10-14,20,25H,3-4,7,9,15-16H2,1-2H3,(H,24,27)/t20-/m1/s1. The highest BCUT2D eigenvalue weighted by Crippen LogP contribution is 2.23. The van der Waals surface area contributed by atoms with Crippen LogP contribution >= 0.6 is 0 Å². The number of aryl methyl sites for hydroxylation is 1. The molecule has 0 radical (unpaired) electrons. The number of carbonyl (C=O) groups is 2. The number of hydrogen-bond acceptors (Lipinski definition) is 4. The summed E-state index contributed by atoms with van der Waals surface area (Å²) in [5.74, 6) is -0.330. The predicted octanol–water partition coefficient (Wildman–Crippen LogP) is 3.32. The molecule has 1 atom stereocenters. The average Bonchev–Trinajstić information content (AvgIpc) is 3.24. The van der Waals surface area contributed by atoms with Crippen LogP contribution in [-0.4, -0.2) is 44.3 Å². The van der Waals surface area contributed by atoms with E-state index in [1.807, 2.05) is 0 Å². The van der Waals surface area contributed by atoms with Crippen molar-refractivity contribution < 1.29 is 18.0 Å². The van der Waals surface area contributed by atoms with Gasteiger partial charge in [-0.05, 0) is 62.1 Å². The van der Waals surface area contributed by atoms with Crippen LogP contribution in [0.15, 0.2) is 53.4 Å². The summed E-state index contributed by atoms with van der Waals surface area (Å²) in [5, 5.41) is 2.91. The molecule has 1 fully saturated rings. The lowest BCUT2D eigenvalue weighted by Crippen LogP contribution is -2.46. The monoisotopic (exact) mass is 443 g/mol. The van der Waals surface area contributed by atoms with Gasteiger partial charge in [0.15, 0.2) is 0 Å². The van der Waals surface area contributed by atoms with Crippen LogP contribution in [0.2, 0.25) is 0 Å². The first-order valence-electron chi connectivity index (χ1n) is 10.6. The first-order chi connectivity index (χ1) is 14.8. The van der Waals surface area contributed by atoms with Crippen molar-refractivity contribution in [3.63, 3.8) is 0 Å². The number of sulfonamides is 1. The Morgan fingerprint density at radius 2 is 1.81 bits per heavy atom. The second kappa shape index (κ2) is 9.96. The Labute approximate surface area is 183 Å². The highest BCUT2D eigenvalue weighted by atomic mass is 32.2. The molecule has 0 aliphatic carbocycles. The van der Waals surface area contributed by atoms with Gasteiger partial charge < -0.3 is 10.2 Å². The summed E-state index contributed by atoms with van der Waals surface area (Å²) in [6.07, 6.45) is 3.34. The van der Waals surface area contributed by atoms with Crippen LogP contribution in [0.1, 0.15) is 48.5 Å². The van der Waals surface area contributed by atoms with Crippen molar-refractivity contribution in [3.8, 4) is 0 Å². The molecule has 31 heavy (non-hydrogen) atoms. The molecule has 7 nitrogen and oxygen atoms in total. The van der Waals surface area contributed by atoms with Gasteiger partial charge >= 0.3 is 0 Å². The number of nitrogens with zero attached hydrogens (tertiary/aromatic N) is 1. The number of likely N-dealkylation sites (tertiary alicyclic amines) is 1. The van der Waals surface area contributed by atoms with Crippen molar-refractivity contribution in [2.24, 2.45) is 0 Å². The van der Waals surface area contributed by atoms with Gasteiger partial charge in [0.2, 0.25) is 5.91 Å². The first-order valence-corrected chi connectivity index (χ1v) is 12.1. The second-order valence-electron chi connectivity index (χ2n) is 7.75. The van der Waals surface area contributed by atoms with Crippen molar-refractivity contribution >= 4 is 27.5 Å². The molecule has 2 amide bonds. The highest BCUT2D eigenvalue weighted by Gasteiger charge is 2.34. The maximum atomic E-state index is 13.0. The minimum absolute atomic E-state index is 0.109. The molecule has 1 heterocycles. The van der Waals surface area contributed by atoms with Crippen molar-refractivity contribution in [3.05, 3.63) is 59.7 Å². The van der Waals surface area contributed by atoms with Crippen LogP contribution in [0.3, 0.4) is 0 Å². The number of nitrogens with one attached hydrogen (secondary N) is 2. The Morgan fingerprint density at radius 3 is 2.48 bits per heavy atom. The summed E-state index contributed by atoms with van der Waals surface area (Å²) in [5.41, 5.74) is 1.45. The summed E-state index contributed by atoms with van der Waals surface area (Å²) < 4.78 is 27.8. The minimum Gasteiger partial charge on any atom is -0.354 e. The van der Waals surface area contributed by atoms with E-state index < -0.39 is 16.1 Å². The smallest absolute Gasteiger partial charge is 0.262 e. The molecule has 8 heteroatoms. The van der Waals surface area contributed by atoms with Crippen molar-refractivity contribution in [2.45, 2.75) is 50.5 Å². The van der Waals surface area contributed by atoms with Gasteiger partial charge in [0.1, 0.15) is 6.04 Å². The van der Waals surface area contributed by atoms with Gasteiger partial charge in [0.25, 0.3) is 15.9 Å². The molecule has 2 aromatic rings. The molecule has 166 valence electrons. The first kappa shape index (κ1) is 22.8. The van der Waals surface area contributed by atoms with Gasteiger partial charge in [-0.15, -0.1) is 0 Å². The second-order valence-corrected chi connectivity index (χ2v) is 9.40. The number of hydrogen-bond donors (Lipinski definition) is 2. The fraction of sp³-hybridized carbons (Fsp3) is 0.391. The van der Waals surface area contributed by atoms with Crippen LogP contribution in [0.25, 0.3) is 0 Å². The molecule has 2 aromatic carbocycles. The Bertz CT molecular complexity index is 1040. The molecule has 2 N–H and O–H groups in total. The van der Waals surface area contributed by atoms with Crippen LogP contribution < -0.4 is 10.0 Å². The maximum Gasteiger partial charge on any atom is 0.262 e. The Morgan fingerprint density at radius 1 is 1.10 bits per heavy atom.